The molecule has 27 heavy (non-hydrogen) atoms. The van der Waals surface area contributed by atoms with Gasteiger partial charge < -0.3 is 9.15 Å². The number of hydrazone groups is 1. The number of carbonyl (C=O) groups is 1. The van der Waals surface area contributed by atoms with Gasteiger partial charge in [0.1, 0.15) is 11.3 Å². The summed E-state index contributed by atoms with van der Waals surface area (Å²) in [5.74, 6) is 1.24. The molecule has 1 aliphatic rings. The van der Waals surface area contributed by atoms with Crippen molar-refractivity contribution in [3.63, 3.8) is 0 Å². The van der Waals surface area contributed by atoms with Gasteiger partial charge in [-0.15, -0.1) is 0 Å². The lowest BCUT2D eigenvalue weighted by molar-refractivity contribution is -0.124. The van der Waals surface area contributed by atoms with Crippen LogP contribution < -0.4 is 10.2 Å². The molecule has 0 spiro atoms. The lowest BCUT2D eigenvalue weighted by Gasteiger charge is -2.17. The molecule has 0 aliphatic carbocycles. The summed E-state index contributed by atoms with van der Waals surface area (Å²) in [6.07, 6.45) is 0.740. The highest BCUT2D eigenvalue weighted by atomic mass is 16.5. The first kappa shape index (κ1) is 17.3. The highest BCUT2D eigenvalue weighted by Crippen LogP contribution is 2.27. The quantitative estimate of drug-likeness (QED) is 0.756. The maximum Gasteiger partial charge on any atom is 0.243 e. The van der Waals surface area contributed by atoms with E-state index in [1.54, 1.807) is 0 Å². The molecule has 1 N–H and O–H groups in total. The standard InChI is InChI=1S/C21H21N3O3/c1-12(2)26-16-7-4-14(5-8-16)21-22-17-9-6-15(11-19(17)27-21)18-10-13(3)20(25)24-23-18/h4-9,11-13H,10H2,1-3H3,(H,24,25). The molecule has 6 heteroatoms. The smallest absolute Gasteiger partial charge is 0.243 e. The van der Waals surface area contributed by atoms with Crippen LogP contribution in [0.3, 0.4) is 0 Å². The van der Waals surface area contributed by atoms with Crippen LogP contribution in [0.1, 0.15) is 32.8 Å². The van der Waals surface area contributed by atoms with Crippen molar-refractivity contribution in [2.45, 2.75) is 33.3 Å². The Hall–Kier alpha value is -3.15. The number of nitrogens with one attached hydrogen (secondary N) is 1. The molecule has 1 atom stereocenters. The molecule has 0 radical (unpaired) electrons. The lowest BCUT2D eigenvalue weighted by Crippen LogP contribution is -2.33. The fourth-order valence-electron chi connectivity index (χ4n) is 3.02. The maximum atomic E-state index is 11.6. The van der Waals surface area contributed by atoms with Crippen molar-refractivity contribution in [3.05, 3.63) is 48.0 Å². The topological polar surface area (TPSA) is 76.7 Å². The molecule has 3 aromatic rings. The van der Waals surface area contributed by atoms with Gasteiger partial charge in [-0.05, 0) is 50.2 Å². The summed E-state index contributed by atoms with van der Waals surface area (Å²) < 4.78 is 11.6. The summed E-state index contributed by atoms with van der Waals surface area (Å²) in [7, 11) is 0. The Labute approximate surface area is 157 Å². The first-order chi connectivity index (χ1) is 13.0. The number of hydrogen-bond donors (Lipinski definition) is 1. The summed E-state index contributed by atoms with van der Waals surface area (Å²) in [5.41, 5.74) is 6.70. The summed E-state index contributed by atoms with van der Waals surface area (Å²) in [4.78, 5) is 16.1. The molecule has 4 rings (SSSR count). The molecule has 0 bridgehead atoms. The van der Waals surface area contributed by atoms with Gasteiger partial charge in [-0.2, -0.15) is 5.10 Å². The zero-order chi connectivity index (χ0) is 19.0. The molecule has 138 valence electrons. The number of carbonyl (C=O) groups excluding carboxylic acids is 1. The van der Waals surface area contributed by atoms with Crippen molar-refractivity contribution in [1.82, 2.24) is 10.4 Å². The van der Waals surface area contributed by atoms with E-state index in [1.165, 1.54) is 0 Å². The molecule has 1 unspecified atom stereocenters. The summed E-state index contributed by atoms with van der Waals surface area (Å²) >= 11 is 0. The van der Waals surface area contributed by atoms with Crippen LogP contribution in [0.5, 0.6) is 5.75 Å². The van der Waals surface area contributed by atoms with Gasteiger partial charge in [0, 0.05) is 23.5 Å². The Morgan fingerprint density at radius 1 is 1.15 bits per heavy atom. The third-order valence-electron chi connectivity index (χ3n) is 4.44. The van der Waals surface area contributed by atoms with Crippen LogP contribution in [0.4, 0.5) is 0 Å². The molecule has 0 fully saturated rings. The first-order valence-corrected chi connectivity index (χ1v) is 9.04. The molecule has 2 aromatic carbocycles. The van der Waals surface area contributed by atoms with Crippen molar-refractivity contribution in [2.75, 3.05) is 0 Å². The molecular weight excluding hydrogens is 342 g/mol. The number of aromatic nitrogens is 1. The third-order valence-corrected chi connectivity index (χ3v) is 4.44. The highest BCUT2D eigenvalue weighted by Gasteiger charge is 2.22. The molecule has 1 aliphatic heterocycles. The van der Waals surface area contributed by atoms with Crippen LogP contribution in [-0.4, -0.2) is 22.7 Å². The number of oxazole rings is 1. The summed E-state index contributed by atoms with van der Waals surface area (Å²) in [6, 6.07) is 13.5. The predicted octanol–water partition coefficient (Wildman–Crippen LogP) is 4.14. The monoisotopic (exact) mass is 363 g/mol. The van der Waals surface area contributed by atoms with E-state index in [1.807, 2.05) is 63.2 Å². The van der Waals surface area contributed by atoms with Gasteiger partial charge in [-0.25, -0.2) is 10.4 Å². The number of fused-ring (bicyclic) bond motifs is 1. The van der Waals surface area contributed by atoms with Crippen LogP contribution in [-0.2, 0) is 4.79 Å². The number of amides is 1. The van der Waals surface area contributed by atoms with E-state index in [2.05, 4.69) is 15.5 Å². The number of benzene rings is 2. The lowest BCUT2D eigenvalue weighted by atomic mass is 9.97. The van der Waals surface area contributed by atoms with Gasteiger partial charge in [0.25, 0.3) is 0 Å². The SMILES string of the molecule is CC(C)Oc1ccc(-c2nc3ccc(C4=NNC(=O)C(C)C4)cc3o2)cc1. The second-order valence-electron chi connectivity index (χ2n) is 7.03. The Kier molecular flexibility index (Phi) is 4.39. The van der Waals surface area contributed by atoms with Crippen molar-refractivity contribution >= 4 is 22.7 Å². The van der Waals surface area contributed by atoms with Gasteiger partial charge in [0.05, 0.1) is 11.8 Å². The number of hydrogen-bond acceptors (Lipinski definition) is 5. The zero-order valence-electron chi connectivity index (χ0n) is 15.5. The minimum Gasteiger partial charge on any atom is -0.491 e. The van der Waals surface area contributed by atoms with Gasteiger partial charge >= 0.3 is 0 Å². The van der Waals surface area contributed by atoms with E-state index in [0.717, 1.165) is 28.1 Å². The van der Waals surface area contributed by atoms with E-state index >= 15 is 0 Å². The molecule has 6 nitrogen and oxygen atoms in total. The largest absolute Gasteiger partial charge is 0.491 e. The van der Waals surface area contributed by atoms with Gasteiger partial charge in [0.15, 0.2) is 5.58 Å². The van der Waals surface area contributed by atoms with Crippen LogP contribution in [0.25, 0.3) is 22.6 Å². The van der Waals surface area contributed by atoms with Crippen LogP contribution >= 0.6 is 0 Å². The molecular formula is C21H21N3O3. The van der Waals surface area contributed by atoms with Crippen molar-refractivity contribution in [1.29, 1.82) is 0 Å². The minimum atomic E-state index is -0.0925. The van der Waals surface area contributed by atoms with Crippen LogP contribution in [0.2, 0.25) is 0 Å². The van der Waals surface area contributed by atoms with E-state index in [9.17, 15) is 4.79 Å². The highest BCUT2D eigenvalue weighted by molar-refractivity contribution is 6.06. The first-order valence-electron chi connectivity index (χ1n) is 9.04. The third kappa shape index (κ3) is 3.56. The zero-order valence-corrected chi connectivity index (χ0v) is 15.5. The Bertz CT molecular complexity index is 1020. The van der Waals surface area contributed by atoms with E-state index in [-0.39, 0.29) is 17.9 Å². The fraction of sp³-hybridized carbons (Fsp3) is 0.286. The summed E-state index contributed by atoms with van der Waals surface area (Å²) in [5, 5.41) is 4.18. The number of rotatable bonds is 4. The molecule has 0 saturated carbocycles. The van der Waals surface area contributed by atoms with Crippen molar-refractivity contribution in [2.24, 2.45) is 11.0 Å². The summed E-state index contributed by atoms with van der Waals surface area (Å²) in [6.45, 7) is 5.88. The second-order valence-corrected chi connectivity index (χ2v) is 7.03. The molecule has 1 aromatic heterocycles. The van der Waals surface area contributed by atoms with Crippen molar-refractivity contribution < 1.29 is 13.9 Å². The van der Waals surface area contributed by atoms with E-state index < -0.39 is 0 Å². The predicted molar refractivity (Wildman–Crippen MR) is 104 cm³/mol. The minimum absolute atomic E-state index is 0.0494. The molecule has 0 saturated heterocycles. The maximum absolute atomic E-state index is 11.6. The van der Waals surface area contributed by atoms with E-state index in [4.69, 9.17) is 9.15 Å². The Balaban J connectivity index is 1.62. The van der Waals surface area contributed by atoms with E-state index in [0.29, 0.717) is 17.9 Å². The van der Waals surface area contributed by atoms with Gasteiger partial charge in [-0.1, -0.05) is 13.0 Å². The number of nitrogens with zero attached hydrogens (tertiary/aromatic N) is 2. The second kappa shape index (κ2) is 6.87. The van der Waals surface area contributed by atoms with Crippen LogP contribution in [0.15, 0.2) is 52.0 Å². The average Bonchev–Trinajstić information content (AvgIpc) is 3.07. The fourth-order valence-corrected chi connectivity index (χ4v) is 3.02. The molecule has 1 amide bonds. The normalized spacial score (nSPS) is 17.1. The Morgan fingerprint density at radius 3 is 2.59 bits per heavy atom. The van der Waals surface area contributed by atoms with Crippen molar-refractivity contribution in [3.8, 4) is 17.2 Å². The Morgan fingerprint density at radius 2 is 1.89 bits per heavy atom. The number of ether oxygens (including phenoxy) is 1. The molecule has 2 heterocycles. The average molecular weight is 363 g/mol. The van der Waals surface area contributed by atoms with Gasteiger partial charge in [0.2, 0.25) is 11.8 Å². The van der Waals surface area contributed by atoms with Gasteiger partial charge in [-0.3, -0.25) is 4.79 Å². The van der Waals surface area contributed by atoms with Crippen LogP contribution in [0, 0.1) is 5.92 Å².